The van der Waals surface area contributed by atoms with E-state index in [-0.39, 0.29) is 65.7 Å². The highest BCUT2D eigenvalue weighted by Gasteiger charge is 2.15. The van der Waals surface area contributed by atoms with Crippen LogP contribution in [-0.2, 0) is 10.4 Å². The Bertz CT molecular complexity index is 1150. The van der Waals surface area contributed by atoms with Crippen molar-refractivity contribution in [3.63, 3.8) is 0 Å². The first-order chi connectivity index (χ1) is 18.2. The summed E-state index contributed by atoms with van der Waals surface area (Å²) >= 11 is -0.660. The molecule has 210 valence electrons. The third kappa shape index (κ3) is 19.4. The lowest BCUT2D eigenvalue weighted by molar-refractivity contribution is -0.597. The molecule has 0 atom stereocenters. The van der Waals surface area contributed by atoms with Gasteiger partial charge in [-0.2, -0.15) is 13.2 Å². The van der Waals surface area contributed by atoms with E-state index in [1.165, 1.54) is 48.5 Å². The second-order valence-corrected chi connectivity index (χ2v) is 13.5. The first kappa shape index (κ1) is 34.7. The van der Waals surface area contributed by atoms with Gasteiger partial charge >= 0.3 is 49.1 Å². The van der Waals surface area contributed by atoms with Crippen LogP contribution in [0.15, 0.2) is 97.1 Å². The topological polar surface area (TPSA) is 80.3 Å². The van der Waals surface area contributed by atoms with E-state index in [2.05, 4.69) is 0 Å². The normalized spacial score (nSPS) is 10.3. The van der Waals surface area contributed by atoms with Crippen LogP contribution in [0.3, 0.4) is 0 Å². The maximum absolute atomic E-state index is 12.6. The Morgan fingerprint density at radius 3 is 0.718 bits per heavy atom. The quantitative estimate of drug-likeness (QED) is 0.127. The maximum Gasteiger partial charge on any atom is 0.379 e. The Morgan fingerprint density at radius 1 is 0.462 bits per heavy atom. The molecule has 0 saturated carbocycles. The number of rotatable bonds is 4. The minimum atomic E-state index is -5.17. The molecule has 4 nitrogen and oxygen atoms in total. The lowest BCUT2D eigenvalue weighted by Crippen LogP contribution is -3.61. The fourth-order valence-corrected chi connectivity index (χ4v) is 6.54. The van der Waals surface area contributed by atoms with Gasteiger partial charge in [-0.3, -0.25) is 8.42 Å². The third-order valence-electron chi connectivity index (χ3n) is 3.65. The van der Waals surface area contributed by atoms with Crippen molar-refractivity contribution in [1.29, 1.82) is 0 Å². The molecule has 14 heteroatoms. The fourth-order valence-electron chi connectivity index (χ4n) is 2.22. The zero-order chi connectivity index (χ0) is 29.4. The predicted octanol–water partition coefficient (Wildman–Crippen LogP) is 0.0269. The van der Waals surface area contributed by atoms with Crippen LogP contribution in [0.1, 0.15) is 0 Å². The summed E-state index contributed by atoms with van der Waals surface area (Å²) in [6, 6.07) is 25.9. The smallest absolute Gasteiger partial charge is 0.379 e. The highest BCUT2D eigenvalue weighted by atomic mass is 127. The van der Waals surface area contributed by atoms with Crippen LogP contribution in [0.2, 0.25) is 0 Å². The van der Waals surface area contributed by atoms with Crippen LogP contribution >= 0.6 is 0 Å². The zero-order valence-corrected chi connectivity index (χ0v) is 24.4. The third-order valence-corrected chi connectivity index (χ3v) is 9.02. The highest BCUT2D eigenvalue weighted by Crippen LogP contribution is 1.96. The van der Waals surface area contributed by atoms with Crippen molar-refractivity contribution in [2.75, 3.05) is 0 Å². The van der Waals surface area contributed by atoms with E-state index in [0.717, 1.165) is 14.3 Å². The molecule has 0 heterocycles. The largest absolute Gasteiger partial charge is 0.759 e. The van der Waals surface area contributed by atoms with Crippen LogP contribution < -0.4 is 42.4 Å². The van der Waals surface area contributed by atoms with Gasteiger partial charge in [-0.15, -0.1) is 0 Å². The van der Waals surface area contributed by atoms with Crippen LogP contribution in [0.4, 0.5) is 30.7 Å². The van der Waals surface area contributed by atoms with Crippen molar-refractivity contribution in [2.45, 2.75) is 6.68 Å². The molecule has 0 saturated heterocycles. The Labute approximate surface area is 241 Å². The Morgan fingerprint density at radius 2 is 0.590 bits per heavy atom. The van der Waals surface area contributed by atoms with Gasteiger partial charge in [-0.25, -0.2) is 17.6 Å². The van der Waals surface area contributed by atoms with Gasteiger partial charge in [-0.1, -0.05) is 0 Å². The summed E-state index contributed by atoms with van der Waals surface area (Å²) in [5.74, 6) is -0.882. The van der Waals surface area contributed by atoms with Crippen molar-refractivity contribution in [2.24, 2.45) is 0 Å². The molecule has 0 aromatic heterocycles. The molecule has 4 aromatic carbocycles. The molecule has 4 rings (SSSR count). The first-order valence-electron chi connectivity index (χ1n) is 10.1. The summed E-state index contributed by atoms with van der Waals surface area (Å²) in [5, 5.41) is 0. The van der Waals surface area contributed by atoms with E-state index >= 15 is 0 Å². The molecule has 0 amide bonds. The first-order valence-corrected chi connectivity index (χ1v) is 15.8. The van der Waals surface area contributed by atoms with Gasteiger partial charge in [0.2, 0.25) is 0 Å². The average molecular weight is 800 g/mol. The summed E-state index contributed by atoms with van der Waals surface area (Å²) in [6.07, 6.45) is 0. The van der Waals surface area contributed by atoms with Gasteiger partial charge in [0.1, 0.15) is 23.3 Å². The van der Waals surface area contributed by atoms with Crippen molar-refractivity contribution < 1.29 is 90.7 Å². The molecular formula is C25H17F7I2O4S. The molecule has 0 radical (unpaired) electrons. The molecule has 4 aromatic rings. The van der Waals surface area contributed by atoms with Crippen LogP contribution in [0, 0.1) is 37.5 Å². The molecule has 0 aliphatic carbocycles. The van der Waals surface area contributed by atoms with Crippen molar-refractivity contribution in [3.8, 4) is 0 Å². The molecule has 0 spiro atoms. The van der Waals surface area contributed by atoms with Gasteiger partial charge in [0.15, 0.2) is 14.3 Å². The number of hydrogen-bond donors (Lipinski definition) is 0. The van der Waals surface area contributed by atoms with Crippen molar-refractivity contribution >= 4 is 10.4 Å². The van der Waals surface area contributed by atoms with E-state index < -0.39 is 17.1 Å². The van der Waals surface area contributed by atoms with Gasteiger partial charge in [-0.05, 0) is 97.1 Å². The van der Waals surface area contributed by atoms with Gasteiger partial charge in [0.25, 0.3) is 0 Å². The van der Waals surface area contributed by atoms with Crippen molar-refractivity contribution in [1.82, 2.24) is 0 Å². The molecule has 0 fully saturated rings. The molecule has 0 bridgehead atoms. The summed E-state index contributed by atoms with van der Waals surface area (Å²) in [4.78, 5) is 0. The Balaban J connectivity index is 0.000000300. The second-order valence-electron chi connectivity index (χ2n) is 6.59. The molecule has 39 heavy (non-hydrogen) atoms. The van der Waals surface area contributed by atoms with E-state index in [4.69, 9.17) is 17.5 Å². The van der Waals surface area contributed by atoms with E-state index in [0.29, 0.717) is 0 Å². The lowest BCUT2D eigenvalue weighted by Gasteiger charge is -2.06. The zero-order valence-electron chi connectivity index (χ0n) is 19.3. The predicted molar refractivity (Wildman–Crippen MR) is 118 cm³/mol. The summed E-state index contributed by atoms with van der Waals surface area (Å²) in [5.41, 5.74) is 0. The Kier molecular flexibility index (Phi) is 16.2. The molecular weight excluding hydrogens is 783 g/mol. The lowest BCUT2D eigenvalue weighted by atomic mass is 10.4. The van der Waals surface area contributed by atoms with Crippen LogP contribution in [0.25, 0.3) is 0 Å². The molecule has 0 unspecified atom stereocenters. The summed E-state index contributed by atoms with van der Waals surface area (Å²) in [6.45, 7) is -3.67. The van der Waals surface area contributed by atoms with Gasteiger partial charge in [0, 0.05) is 10.4 Å². The average Bonchev–Trinajstić information content (AvgIpc) is 2.84. The van der Waals surface area contributed by atoms with Gasteiger partial charge in [0.05, 0.1) is 0 Å². The molecule has 0 aliphatic rings. The summed E-state index contributed by atoms with van der Waals surface area (Å²) in [7, 11) is -5.17. The standard InChI is InChI=1S/2C12H8F2I.CHF3.H2O4S/c2*13-9-1-5-11(6-2-9)15-12-7-3-10(14)4-8-12;2-1(3)4;1-5(2,3)4/h2*1-8H;1H;(H2,1,2,3,4)/q2*+1;;/p-2. The number of halogens is 9. The second kappa shape index (κ2) is 18.1. The van der Waals surface area contributed by atoms with E-state index in [1.807, 2.05) is 0 Å². The number of hydrogen-bond acceptors (Lipinski definition) is 4. The Hall–Kier alpha value is -2.28. The monoisotopic (exact) mass is 800 g/mol. The minimum absolute atomic E-state index is 0.220. The van der Waals surface area contributed by atoms with E-state index in [9.17, 15) is 30.7 Å². The number of benzene rings is 4. The minimum Gasteiger partial charge on any atom is -0.759 e. The SMILES string of the molecule is FC(F)F.Fc1ccc([I+]c2ccc(F)cc2)cc1.Fc1ccc([I+]c2ccc(F)cc2)cc1.O=S(=O)([O-])[O-]. The summed E-state index contributed by atoms with van der Waals surface area (Å²) < 4.78 is 118. The van der Waals surface area contributed by atoms with Crippen molar-refractivity contribution in [3.05, 3.63) is 135 Å². The number of alkyl halides is 3. The van der Waals surface area contributed by atoms with Crippen LogP contribution in [-0.4, -0.2) is 24.2 Å². The maximum atomic E-state index is 12.6. The van der Waals surface area contributed by atoms with Gasteiger partial charge < -0.3 is 9.11 Å². The van der Waals surface area contributed by atoms with E-state index in [1.54, 1.807) is 48.5 Å². The highest BCUT2D eigenvalue weighted by molar-refractivity contribution is 7.79. The molecule has 0 aliphatic heterocycles. The van der Waals surface area contributed by atoms with Crippen LogP contribution in [0.5, 0.6) is 0 Å². The molecule has 0 N–H and O–H groups in total. The fraction of sp³-hybridized carbons (Fsp3) is 0.0400.